The summed E-state index contributed by atoms with van der Waals surface area (Å²) in [5.41, 5.74) is 4.26. The molecule has 23 heavy (non-hydrogen) atoms. The van der Waals surface area contributed by atoms with Crippen molar-refractivity contribution >= 4 is 16.9 Å². The molecule has 0 aliphatic heterocycles. The molecule has 3 aromatic rings. The highest BCUT2D eigenvalue weighted by atomic mass is 16.4. The summed E-state index contributed by atoms with van der Waals surface area (Å²) in [6.07, 6.45) is 1.12. The van der Waals surface area contributed by atoms with Gasteiger partial charge >= 0.3 is 5.97 Å². The number of hydrogen-bond acceptors (Lipinski definition) is 2. The third-order valence-electron chi connectivity index (χ3n) is 3.49. The fraction of sp³-hybridized carbons (Fsp3) is 0.200. The molecule has 0 amide bonds. The molecule has 3 nitrogen and oxygen atoms in total. The van der Waals surface area contributed by atoms with Gasteiger partial charge in [-0.2, -0.15) is 0 Å². The van der Waals surface area contributed by atoms with E-state index >= 15 is 0 Å². The van der Waals surface area contributed by atoms with Gasteiger partial charge in [-0.15, -0.1) is 0 Å². The zero-order valence-electron chi connectivity index (χ0n) is 13.5. The van der Waals surface area contributed by atoms with E-state index in [-0.39, 0.29) is 6.42 Å². The predicted octanol–water partition coefficient (Wildman–Crippen LogP) is 4.42. The van der Waals surface area contributed by atoms with E-state index < -0.39 is 5.97 Å². The van der Waals surface area contributed by atoms with E-state index in [2.05, 4.69) is 36.2 Å². The second-order valence-electron chi connectivity index (χ2n) is 5.40. The highest BCUT2D eigenvalue weighted by Gasteiger charge is 1.98. The second-order valence-corrected chi connectivity index (χ2v) is 5.40. The van der Waals surface area contributed by atoms with Crippen molar-refractivity contribution in [3.05, 3.63) is 77.5 Å². The van der Waals surface area contributed by atoms with Gasteiger partial charge in [0, 0.05) is 11.1 Å². The van der Waals surface area contributed by atoms with E-state index in [9.17, 15) is 4.79 Å². The number of rotatable bonds is 3. The Balaban J connectivity index is 0.000000168. The second kappa shape index (κ2) is 8.08. The Hall–Kier alpha value is -2.68. The normalized spacial score (nSPS) is 10.0. The van der Waals surface area contributed by atoms with Gasteiger partial charge in [-0.05, 0) is 31.0 Å². The van der Waals surface area contributed by atoms with E-state index in [1.807, 2.05) is 43.3 Å². The van der Waals surface area contributed by atoms with Crippen LogP contribution in [0.25, 0.3) is 10.9 Å². The summed E-state index contributed by atoms with van der Waals surface area (Å²) < 4.78 is 0. The molecule has 0 aliphatic carbocycles. The first kappa shape index (κ1) is 16.7. The molecule has 0 fully saturated rings. The van der Waals surface area contributed by atoms with Crippen LogP contribution in [0.2, 0.25) is 0 Å². The Morgan fingerprint density at radius 2 is 1.70 bits per heavy atom. The minimum Gasteiger partial charge on any atom is -0.481 e. The number of pyridine rings is 1. The number of aromatic nitrogens is 1. The number of nitrogens with zero attached hydrogens (tertiary/aromatic N) is 1. The zero-order chi connectivity index (χ0) is 16.7. The van der Waals surface area contributed by atoms with Crippen LogP contribution >= 0.6 is 0 Å². The first-order valence-electron chi connectivity index (χ1n) is 7.70. The molecule has 0 saturated carbocycles. The molecule has 118 valence electrons. The summed E-state index contributed by atoms with van der Waals surface area (Å²) in [6.45, 7) is 4.10. The first-order valence-corrected chi connectivity index (χ1v) is 7.70. The lowest BCUT2D eigenvalue weighted by Crippen LogP contribution is -1.99. The molecule has 0 unspecified atom stereocenters. The molecule has 0 saturated heterocycles. The van der Waals surface area contributed by atoms with E-state index in [1.165, 1.54) is 5.39 Å². The number of carbonyl (C=O) groups is 1. The lowest BCUT2D eigenvalue weighted by molar-refractivity contribution is -0.136. The lowest BCUT2D eigenvalue weighted by atomic mass is 10.1. The van der Waals surface area contributed by atoms with Crippen molar-refractivity contribution in [2.45, 2.75) is 26.7 Å². The van der Waals surface area contributed by atoms with Gasteiger partial charge in [0.05, 0.1) is 11.9 Å². The van der Waals surface area contributed by atoms with Crippen LogP contribution in [0.4, 0.5) is 0 Å². The minimum atomic E-state index is -0.783. The Bertz CT molecular complexity index is 779. The number of aliphatic carboxylic acids is 1. The van der Waals surface area contributed by atoms with Crippen molar-refractivity contribution in [1.29, 1.82) is 0 Å². The average Bonchev–Trinajstić information content (AvgIpc) is 2.56. The molecule has 0 aliphatic rings. The van der Waals surface area contributed by atoms with Gasteiger partial charge in [0.1, 0.15) is 0 Å². The third-order valence-corrected chi connectivity index (χ3v) is 3.49. The summed E-state index contributed by atoms with van der Waals surface area (Å²) in [4.78, 5) is 14.7. The smallest absolute Gasteiger partial charge is 0.307 e. The van der Waals surface area contributed by atoms with Crippen LogP contribution in [0.5, 0.6) is 0 Å². The number of hydrogen-bond donors (Lipinski definition) is 1. The van der Waals surface area contributed by atoms with Crippen molar-refractivity contribution in [1.82, 2.24) is 4.98 Å². The Morgan fingerprint density at radius 1 is 1.00 bits per heavy atom. The van der Waals surface area contributed by atoms with Crippen molar-refractivity contribution < 1.29 is 9.90 Å². The monoisotopic (exact) mass is 307 g/mol. The SMILES string of the molecule is CCc1ccc2ccccc2n1.Cc1ccc(CC(=O)O)cc1. The van der Waals surface area contributed by atoms with Crippen LogP contribution in [-0.4, -0.2) is 16.1 Å². The van der Waals surface area contributed by atoms with Gasteiger partial charge in [-0.3, -0.25) is 9.78 Å². The number of para-hydroxylation sites is 1. The molecule has 1 N–H and O–H groups in total. The highest BCUT2D eigenvalue weighted by molar-refractivity contribution is 5.78. The lowest BCUT2D eigenvalue weighted by Gasteiger charge is -1.98. The molecule has 3 heteroatoms. The largest absolute Gasteiger partial charge is 0.481 e. The predicted molar refractivity (Wildman–Crippen MR) is 93.6 cm³/mol. The maximum absolute atomic E-state index is 10.3. The maximum Gasteiger partial charge on any atom is 0.307 e. The van der Waals surface area contributed by atoms with Crippen molar-refractivity contribution in [2.75, 3.05) is 0 Å². The molecule has 0 bridgehead atoms. The van der Waals surface area contributed by atoms with Gasteiger partial charge in [0.2, 0.25) is 0 Å². The molecule has 3 rings (SSSR count). The molecular weight excluding hydrogens is 286 g/mol. The molecule has 0 spiro atoms. The number of carboxylic acids is 1. The fourth-order valence-corrected chi connectivity index (χ4v) is 2.19. The quantitative estimate of drug-likeness (QED) is 0.779. The minimum absolute atomic E-state index is 0.111. The van der Waals surface area contributed by atoms with E-state index in [4.69, 9.17) is 5.11 Å². The summed E-state index contributed by atoms with van der Waals surface area (Å²) in [6, 6.07) is 19.9. The standard InChI is InChI=1S/C11H11N.C9H10O2/c1-2-10-8-7-9-5-3-4-6-11(9)12-10;1-7-2-4-8(5-3-7)6-9(10)11/h3-8H,2H2,1H3;2-5H,6H2,1H3,(H,10,11). The van der Waals surface area contributed by atoms with Gasteiger partial charge in [0.15, 0.2) is 0 Å². The maximum atomic E-state index is 10.3. The van der Waals surface area contributed by atoms with Crippen LogP contribution in [0.15, 0.2) is 60.7 Å². The summed E-state index contributed by atoms with van der Waals surface area (Å²) >= 11 is 0. The zero-order valence-corrected chi connectivity index (χ0v) is 13.5. The first-order chi connectivity index (χ1) is 11.1. The Labute approximate surface area is 136 Å². The van der Waals surface area contributed by atoms with E-state index in [1.54, 1.807) is 0 Å². The summed E-state index contributed by atoms with van der Waals surface area (Å²) in [5, 5.41) is 9.65. The van der Waals surface area contributed by atoms with Crippen molar-refractivity contribution in [2.24, 2.45) is 0 Å². The van der Waals surface area contributed by atoms with Crippen LogP contribution < -0.4 is 0 Å². The van der Waals surface area contributed by atoms with Gasteiger partial charge < -0.3 is 5.11 Å². The summed E-state index contributed by atoms with van der Waals surface area (Å²) in [7, 11) is 0. The molecule has 0 radical (unpaired) electrons. The Kier molecular flexibility index (Phi) is 5.87. The third kappa shape index (κ3) is 5.22. The van der Waals surface area contributed by atoms with Gasteiger partial charge in [0.25, 0.3) is 0 Å². The molecule has 0 atom stereocenters. The molecule has 1 aromatic heterocycles. The molecule has 1 heterocycles. The van der Waals surface area contributed by atoms with Crippen LogP contribution in [0, 0.1) is 6.92 Å². The number of fused-ring (bicyclic) bond motifs is 1. The van der Waals surface area contributed by atoms with Gasteiger partial charge in [-0.1, -0.05) is 61.0 Å². The summed E-state index contributed by atoms with van der Waals surface area (Å²) in [5.74, 6) is -0.783. The van der Waals surface area contributed by atoms with E-state index in [0.717, 1.165) is 28.8 Å². The highest BCUT2D eigenvalue weighted by Crippen LogP contribution is 2.11. The average molecular weight is 307 g/mol. The van der Waals surface area contributed by atoms with Crippen LogP contribution in [0.3, 0.4) is 0 Å². The van der Waals surface area contributed by atoms with E-state index in [0.29, 0.717) is 0 Å². The molecule has 2 aromatic carbocycles. The number of aryl methyl sites for hydroxylation is 2. The van der Waals surface area contributed by atoms with Crippen molar-refractivity contribution in [3.8, 4) is 0 Å². The Morgan fingerprint density at radius 3 is 2.35 bits per heavy atom. The molecular formula is C20H21NO2. The van der Waals surface area contributed by atoms with Crippen LogP contribution in [0.1, 0.15) is 23.7 Å². The fourth-order valence-electron chi connectivity index (χ4n) is 2.19. The van der Waals surface area contributed by atoms with Gasteiger partial charge in [-0.25, -0.2) is 0 Å². The topological polar surface area (TPSA) is 50.2 Å². The van der Waals surface area contributed by atoms with Crippen molar-refractivity contribution in [3.63, 3.8) is 0 Å². The van der Waals surface area contributed by atoms with Crippen LogP contribution in [-0.2, 0) is 17.6 Å². The number of benzene rings is 2. The number of carboxylic acid groups (broad SMARTS) is 1.